The number of rotatable bonds is 2. The third-order valence-electron chi connectivity index (χ3n) is 3.90. The number of anilines is 1. The zero-order valence-electron chi connectivity index (χ0n) is 12.6. The third-order valence-corrected chi connectivity index (χ3v) is 4.13. The van der Waals surface area contributed by atoms with E-state index in [2.05, 4.69) is 15.3 Å². The van der Waals surface area contributed by atoms with Gasteiger partial charge in [-0.05, 0) is 42.5 Å². The summed E-state index contributed by atoms with van der Waals surface area (Å²) in [6, 6.07) is 11.3. The van der Waals surface area contributed by atoms with Crippen LogP contribution in [-0.2, 0) is 7.05 Å². The van der Waals surface area contributed by atoms with Crippen LogP contribution in [0.15, 0.2) is 42.5 Å². The maximum atomic E-state index is 13.3. The number of aromatic nitrogens is 3. The van der Waals surface area contributed by atoms with Gasteiger partial charge in [-0.3, -0.25) is 10.1 Å². The van der Waals surface area contributed by atoms with Gasteiger partial charge in [0.2, 0.25) is 5.95 Å². The summed E-state index contributed by atoms with van der Waals surface area (Å²) in [7, 11) is 1.80. The Bertz CT molecular complexity index is 1100. The second-order valence-electron chi connectivity index (χ2n) is 5.50. The smallest absolute Gasteiger partial charge is 0.274 e. The number of aryl methyl sites for hydroxylation is 1. The van der Waals surface area contributed by atoms with Gasteiger partial charge in [-0.25, -0.2) is 9.37 Å². The van der Waals surface area contributed by atoms with Gasteiger partial charge in [0.25, 0.3) is 5.91 Å². The molecule has 1 amide bonds. The van der Waals surface area contributed by atoms with E-state index in [-0.39, 0.29) is 11.7 Å². The molecule has 0 spiro atoms. The lowest BCUT2D eigenvalue weighted by Gasteiger charge is -2.03. The zero-order chi connectivity index (χ0) is 16.8. The Balaban J connectivity index is 1.68. The van der Waals surface area contributed by atoms with Crippen molar-refractivity contribution in [3.05, 3.63) is 59.0 Å². The Kier molecular flexibility index (Phi) is 3.28. The second kappa shape index (κ2) is 5.35. The van der Waals surface area contributed by atoms with Gasteiger partial charge >= 0.3 is 0 Å². The molecule has 24 heavy (non-hydrogen) atoms. The van der Waals surface area contributed by atoms with Crippen LogP contribution in [0.4, 0.5) is 10.3 Å². The fraction of sp³-hybridized carbons (Fsp3) is 0.0588. The number of nitrogens with zero attached hydrogens (tertiary/aromatic N) is 2. The third kappa shape index (κ3) is 2.41. The molecule has 7 heteroatoms. The molecular formula is C17H12ClFN4O. The average Bonchev–Trinajstić information content (AvgIpc) is 3.08. The largest absolute Gasteiger partial charge is 0.351 e. The summed E-state index contributed by atoms with van der Waals surface area (Å²) in [6.45, 7) is 0. The van der Waals surface area contributed by atoms with E-state index < -0.39 is 0 Å². The number of nitrogens with one attached hydrogen (secondary N) is 2. The van der Waals surface area contributed by atoms with Gasteiger partial charge < -0.3 is 9.55 Å². The predicted molar refractivity (Wildman–Crippen MR) is 91.9 cm³/mol. The SMILES string of the molecule is Cn1c(NC(=O)c2cc3cc(F)ccc3[nH]2)nc2cc(Cl)ccc21. The summed E-state index contributed by atoms with van der Waals surface area (Å²) in [5.41, 5.74) is 2.58. The van der Waals surface area contributed by atoms with Crippen molar-refractivity contribution in [3.8, 4) is 0 Å². The van der Waals surface area contributed by atoms with E-state index in [0.29, 0.717) is 33.1 Å². The van der Waals surface area contributed by atoms with Crippen molar-refractivity contribution in [2.45, 2.75) is 0 Å². The Morgan fingerprint density at radius 2 is 2.08 bits per heavy atom. The van der Waals surface area contributed by atoms with Crippen molar-refractivity contribution in [1.29, 1.82) is 0 Å². The molecule has 0 saturated carbocycles. The summed E-state index contributed by atoms with van der Waals surface area (Å²) in [5.74, 6) is -0.293. The monoisotopic (exact) mass is 342 g/mol. The lowest BCUT2D eigenvalue weighted by Crippen LogP contribution is -2.15. The highest BCUT2D eigenvalue weighted by atomic mass is 35.5. The van der Waals surface area contributed by atoms with Gasteiger partial charge in [0.05, 0.1) is 11.0 Å². The van der Waals surface area contributed by atoms with Crippen molar-refractivity contribution < 1.29 is 9.18 Å². The van der Waals surface area contributed by atoms with E-state index in [1.165, 1.54) is 12.1 Å². The van der Waals surface area contributed by atoms with Crippen molar-refractivity contribution >= 4 is 45.4 Å². The number of aromatic amines is 1. The number of H-pyrrole nitrogens is 1. The summed E-state index contributed by atoms with van der Waals surface area (Å²) in [6.07, 6.45) is 0. The molecule has 0 aliphatic heterocycles. The Morgan fingerprint density at radius 3 is 2.92 bits per heavy atom. The van der Waals surface area contributed by atoms with Gasteiger partial charge in [0.1, 0.15) is 11.5 Å². The fourth-order valence-electron chi connectivity index (χ4n) is 2.68. The number of hydrogen-bond acceptors (Lipinski definition) is 2. The first-order valence-electron chi connectivity index (χ1n) is 7.23. The molecule has 5 nitrogen and oxygen atoms in total. The second-order valence-corrected chi connectivity index (χ2v) is 5.93. The molecule has 2 N–H and O–H groups in total. The number of imidazole rings is 1. The maximum absolute atomic E-state index is 13.3. The van der Waals surface area contributed by atoms with Crippen LogP contribution in [0.3, 0.4) is 0 Å². The van der Waals surface area contributed by atoms with Gasteiger partial charge in [-0.2, -0.15) is 0 Å². The molecule has 2 heterocycles. The minimum Gasteiger partial charge on any atom is -0.351 e. The van der Waals surface area contributed by atoms with Crippen LogP contribution in [0.5, 0.6) is 0 Å². The van der Waals surface area contributed by atoms with E-state index >= 15 is 0 Å². The highest BCUT2D eigenvalue weighted by Gasteiger charge is 2.14. The number of amides is 1. The molecule has 2 aromatic heterocycles. The average molecular weight is 343 g/mol. The molecule has 0 fully saturated rings. The Hall–Kier alpha value is -2.86. The maximum Gasteiger partial charge on any atom is 0.274 e. The molecule has 120 valence electrons. The highest BCUT2D eigenvalue weighted by molar-refractivity contribution is 6.31. The standard InChI is InChI=1S/C17H12ClFN4O/c1-23-15-5-2-10(18)8-13(15)21-17(23)22-16(24)14-7-9-6-11(19)3-4-12(9)20-14/h2-8,20H,1H3,(H,21,22,24). The molecule has 0 atom stereocenters. The number of fused-ring (bicyclic) bond motifs is 2. The van der Waals surface area contributed by atoms with Crippen molar-refractivity contribution in [2.24, 2.45) is 7.05 Å². The van der Waals surface area contributed by atoms with E-state index in [4.69, 9.17) is 11.6 Å². The van der Waals surface area contributed by atoms with E-state index in [1.54, 1.807) is 35.9 Å². The summed E-state index contributed by atoms with van der Waals surface area (Å²) in [4.78, 5) is 19.8. The number of carbonyl (C=O) groups is 1. The number of halogens is 2. The minimum absolute atomic E-state index is 0.334. The van der Waals surface area contributed by atoms with E-state index in [1.807, 2.05) is 6.07 Å². The van der Waals surface area contributed by atoms with Crippen molar-refractivity contribution in [2.75, 3.05) is 5.32 Å². The number of carbonyl (C=O) groups excluding carboxylic acids is 1. The van der Waals surface area contributed by atoms with Crippen LogP contribution < -0.4 is 5.32 Å². The highest BCUT2D eigenvalue weighted by Crippen LogP contribution is 2.23. The van der Waals surface area contributed by atoms with Crippen LogP contribution in [0.1, 0.15) is 10.5 Å². The Labute approximate surface area is 141 Å². The molecule has 0 bridgehead atoms. The van der Waals surface area contributed by atoms with Gasteiger partial charge in [-0.15, -0.1) is 0 Å². The van der Waals surface area contributed by atoms with Gasteiger partial charge in [0.15, 0.2) is 0 Å². The molecule has 4 aromatic rings. The van der Waals surface area contributed by atoms with Crippen LogP contribution in [0.25, 0.3) is 21.9 Å². The molecule has 2 aromatic carbocycles. The molecule has 4 rings (SSSR count). The first-order valence-corrected chi connectivity index (χ1v) is 7.61. The van der Waals surface area contributed by atoms with Crippen LogP contribution >= 0.6 is 11.6 Å². The van der Waals surface area contributed by atoms with Gasteiger partial charge in [0, 0.05) is 23.0 Å². The quantitative estimate of drug-likeness (QED) is 0.576. The molecule has 0 aliphatic rings. The van der Waals surface area contributed by atoms with Crippen molar-refractivity contribution in [1.82, 2.24) is 14.5 Å². The van der Waals surface area contributed by atoms with E-state index in [0.717, 1.165) is 5.52 Å². The lowest BCUT2D eigenvalue weighted by atomic mass is 10.2. The molecule has 0 radical (unpaired) electrons. The van der Waals surface area contributed by atoms with Crippen LogP contribution in [-0.4, -0.2) is 20.4 Å². The molecule has 0 saturated heterocycles. The zero-order valence-corrected chi connectivity index (χ0v) is 13.4. The molecule has 0 aliphatic carbocycles. The normalized spacial score (nSPS) is 11.3. The van der Waals surface area contributed by atoms with Gasteiger partial charge in [-0.1, -0.05) is 11.6 Å². The van der Waals surface area contributed by atoms with E-state index in [9.17, 15) is 9.18 Å². The number of hydrogen-bond donors (Lipinski definition) is 2. The van der Waals surface area contributed by atoms with Crippen LogP contribution in [0, 0.1) is 5.82 Å². The summed E-state index contributed by atoms with van der Waals surface area (Å²) < 4.78 is 15.0. The lowest BCUT2D eigenvalue weighted by molar-refractivity contribution is 0.102. The molecule has 0 unspecified atom stereocenters. The minimum atomic E-state index is -0.351. The van der Waals surface area contributed by atoms with Crippen LogP contribution in [0.2, 0.25) is 5.02 Å². The Morgan fingerprint density at radius 1 is 1.25 bits per heavy atom. The first kappa shape index (κ1) is 14.7. The molecular weight excluding hydrogens is 331 g/mol. The first-order chi connectivity index (χ1) is 11.5. The predicted octanol–water partition coefficient (Wildman–Crippen LogP) is 4.10. The summed E-state index contributed by atoms with van der Waals surface area (Å²) >= 11 is 5.97. The number of benzene rings is 2. The van der Waals surface area contributed by atoms with Crippen molar-refractivity contribution in [3.63, 3.8) is 0 Å². The topological polar surface area (TPSA) is 62.7 Å². The summed E-state index contributed by atoms with van der Waals surface area (Å²) in [5, 5.41) is 3.97. The fourth-order valence-corrected chi connectivity index (χ4v) is 2.85.